The average Bonchev–Trinajstić information content (AvgIpc) is 4.12. The molecule has 1 aliphatic heterocycles. The first-order valence-corrected chi connectivity index (χ1v) is 25.9. The number of rotatable bonds is 38. The summed E-state index contributed by atoms with van der Waals surface area (Å²) in [6, 6.07) is -7.57. The normalized spacial score (nSPS) is 15.9. The largest absolute Gasteiger partial charge is 0.389 e. The summed E-state index contributed by atoms with van der Waals surface area (Å²) >= 11 is 0. The van der Waals surface area contributed by atoms with E-state index in [-0.39, 0.29) is 88.4 Å². The van der Waals surface area contributed by atoms with Crippen molar-refractivity contribution in [2.24, 2.45) is 55.9 Å². The number of aromatic amines is 1. The van der Waals surface area contributed by atoms with Crippen molar-refractivity contribution in [2.45, 2.75) is 139 Å². The first kappa shape index (κ1) is 66.2. The second-order valence-electron chi connectivity index (χ2n) is 18.3. The molecule has 1 saturated heterocycles. The molecule has 0 aliphatic carbocycles. The zero-order valence-corrected chi connectivity index (χ0v) is 44.1. The van der Waals surface area contributed by atoms with Crippen molar-refractivity contribution < 1.29 is 48.3 Å². The Balaban J connectivity index is 2.34. The number of hydrogen-bond acceptors (Lipinski definition) is 18. The first-order chi connectivity index (χ1) is 36.8. The van der Waals surface area contributed by atoms with Crippen molar-refractivity contribution in [3.8, 4) is 0 Å². The topological polar surface area (TPSA) is 523 Å². The van der Waals surface area contributed by atoms with Crippen LogP contribution < -0.4 is 83.1 Å². The van der Waals surface area contributed by atoms with Crippen LogP contribution >= 0.6 is 0 Å². The third-order valence-electron chi connectivity index (χ3n) is 12.2. The quantitative estimate of drug-likeness (QED) is 0.0127. The molecular weight excluding hydrogens is 1000 g/mol. The predicted molar refractivity (Wildman–Crippen MR) is 286 cm³/mol. The smallest absolute Gasteiger partial charge is 0.269 e. The second-order valence-corrected chi connectivity index (χ2v) is 18.3. The van der Waals surface area contributed by atoms with E-state index in [1.165, 1.54) is 23.5 Å². The summed E-state index contributed by atoms with van der Waals surface area (Å²) in [7, 11) is 1.74. The number of unbranched alkanes of at least 4 members (excludes halogenated alkanes) is 3. The van der Waals surface area contributed by atoms with Crippen molar-refractivity contribution in [2.75, 3.05) is 59.4 Å². The molecule has 30 heteroatoms. The number of amides is 9. The Bertz CT molecular complexity index is 2150. The van der Waals surface area contributed by atoms with Crippen LogP contribution in [0.3, 0.4) is 0 Å². The molecule has 0 unspecified atom stereocenters. The SMILES string of the molecule is CNCCCC[C@H](NC(=O)[C@@H](NC(=O)[C@@H](N)CCCCN)[C@@H](O)CN)C(=O)NCC(=O)N=C(CCCN)C(=O)N1CCC[C@H]1C(=O)N[C@@H](Cc1cnc[nH]1)C(=O)N[C@@H](CCCCN)C(=O)N/C(=C\CCN=C(N)N)C(N)=O. The standard InChI is InChI=1S/C47H84N20O10/c1-56-20-7-4-13-31(64-45(76)38(36(68)24-51)66-40(71)29(52)11-2-5-17-48)41(72)59-26-37(69)61-33(14-8-19-50)46(77)67-22-10-16-35(67)44(75)65-34(23-28-25-57-27-60-28)43(74)63-32(12-3-6-18-49)42(73)62-30(39(53)70)15-9-21-58-47(54)55/h15,25,27,29,31-32,34-36,38,56,68H,2-14,16-24,26,48-52H2,1H3,(H2,53,70)(H,57,60)(H,59,72)(H,62,73)(H,63,74)(H,64,76)(H,65,75)(H,66,71)(H4,54,55,58)/b30-15-,61-33?/t29-,31-,32-,34-,35-,36-,38-/m0/s1. The summed E-state index contributed by atoms with van der Waals surface area (Å²) < 4.78 is 0. The molecule has 77 heavy (non-hydrogen) atoms. The Morgan fingerprint density at radius 2 is 1.45 bits per heavy atom. The van der Waals surface area contributed by atoms with E-state index in [1.807, 2.05) is 0 Å². The van der Waals surface area contributed by atoms with E-state index in [9.17, 15) is 48.3 Å². The van der Waals surface area contributed by atoms with Crippen molar-refractivity contribution in [3.05, 3.63) is 30.0 Å². The number of H-pyrrole nitrogens is 1. The number of nitrogens with zero attached hydrogens (tertiary/aromatic N) is 4. The molecular formula is C47H84N20O10. The van der Waals surface area contributed by atoms with Crippen LogP contribution in [-0.4, -0.2) is 187 Å². The highest BCUT2D eigenvalue weighted by Gasteiger charge is 2.39. The van der Waals surface area contributed by atoms with Crippen LogP contribution in [0.4, 0.5) is 0 Å². The third-order valence-corrected chi connectivity index (χ3v) is 12.2. The molecule has 2 heterocycles. The van der Waals surface area contributed by atoms with Gasteiger partial charge in [0.15, 0.2) is 5.96 Å². The molecule has 1 aromatic heterocycles. The molecule has 0 spiro atoms. The van der Waals surface area contributed by atoms with E-state index in [2.05, 4.69) is 57.2 Å². The Morgan fingerprint density at radius 3 is 2.06 bits per heavy atom. The number of primary amides is 1. The van der Waals surface area contributed by atoms with Gasteiger partial charge in [0, 0.05) is 37.9 Å². The van der Waals surface area contributed by atoms with Gasteiger partial charge in [-0.05, 0) is 117 Å². The minimum Gasteiger partial charge on any atom is -0.389 e. The number of carbonyl (C=O) groups is 9. The first-order valence-electron chi connectivity index (χ1n) is 25.9. The Labute approximate surface area is 448 Å². The van der Waals surface area contributed by atoms with Crippen LogP contribution in [0.15, 0.2) is 34.3 Å². The maximum Gasteiger partial charge on any atom is 0.269 e. The lowest BCUT2D eigenvalue weighted by atomic mass is 10.0. The number of likely N-dealkylation sites (tertiary alicyclic amines) is 1. The van der Waals surface area contributed by atoms with E-state index in [0.717, 1.165) is 0 Å². The lowest BCUT2D eigenvalue weighted by Crippen LogP contribution is -2.60. The lowest BCUT2D eigenvalue weighted by molar-refractivity contribution is -0.136. The van der Waals surface area contributed by atoms with Gasteiger partial charge in [-0.3, -0.25) is 48.1 Å². The van der Waals surface area contributed by atoms with Gasteiger partial charge < -0.3 is 98.1 Å². The van der Waals surface area contributed by atoms with E-state index in [4.69, 9.17) is 45.9 Å². The van der Waals surface area contributed by atoms with Gasteiger partial charge in [-0.1, -0.05) is 12.5 Å². The molecule has 0 radical (unpaired) electrons. The van der Waals surface area contributed by atoms with Gasteiger partial charge in [0.2, 0.25) is 35.4 Å². The molecule has 30 nitrogen and oxygen atoms in total. The number of imidazole rings is 1. The van der Waals surface area contributed by atoms with Crippen LogP contribution in [0.2, 0.25) is 0 Å². The highest BCUT2D eigenvalue weighted by Crippen LogP contribution is 2.20. The molecule has 1 aromatic rings. The van der Waals surface area contributed by atoms with E-state index in [0.29, 0.717) is 70.3 Å². The summed E-state index contributed by atoms with van der Waals surface area (Å²) in [6.45, 7) is 0.402. The van der Waals surface area contributed by atoms with Crippen LogP contribution in [0.25, 0.3) is 0 Å². The van der Waals surface area contributed by atoms with E-state index in [1.54, 1.807) is 7.05 Å². The Kier molecular flexibility index (Phi) is 31.7. The van der Waals surface area contributed by atoms with Gasteiger partial charge in [0.25, 0.3) is 17.7 Å². The fraction of sp³-hybridized carbons (Fsp3) is 0.660. The number of carbonyl (C=O) groups excluding carboxylic acids is 9. The minimum atomic E-state index is -1.58. The van der Waals surface area contributed by atoms with Crippen LogP contribution in [0.1, 0.15) is 95.6 Å². The number of guanidine groups is 1. The number of aromatic nitrogens is 2. The van der Waals surface area contributed by atoms with Gasteiger partial charge in [-0.25, -0.2) is 9.98 Å². The van der Waals surface area contributed by atoms with Gasteiger partial charge in [-0.2, -0.15) is 0 Å². The van der Waals surface area contributed by atoms with Gasteiger partial charge >= 0.3 is 0 Å². The van der Waals surface area contributed by atoms with Crippen molar-refractivity contribution in [1.82, 2.24) is 52.1 Å². The fourth-order valence-corrected chi connectivity index (χ4v) is 7.92. The molecule has 0 bridgehead atoms. The number of aliphatic hydroxyl groups excluding tert-OH is 1. The average molecular weight is 1090 g/mol. The second kappa shape index (κ2) is 36.9. The molecule has 0 aromatic carbocycles. The number of nitrogens with one attached hydrogen (secondary N) is 8. The molecule has 432 valence electrons. The van der Waals surface area contributed by atoms with Crippen LogP contribution in [0.5, 0.6) is 0 Å². The minimum absolute atomic E-state index is 0.0708. The monoisotopic (exact) mass is 1090 g/mol. The summed E-state index contributed by atoms with van der Waals surface area (Å²) in [5.41, 5.74) is 44.9. The maximum atomic E-state index is 14.2. The molecule has 0 saturated carbocycles. The fourth-order valence-electron chi connectivity index (χ4n) is 7.92. The number of aliphatic hydroxyl groups is 1. The molecule has 1 aliphatic rings. The Hall–Kier alpha value is -6.96. The Morgan fingerprint density at radius 1 is 0.805 bits per heavy atom. The molecule has 1 fully saturated rings. The van der Waals surface area contributed by atoms with Gasteiger partial charge in [-0.15, -0.1) is 0 Å². The molecule has 2 rings (SSSR count). The number of nitrogens with two attached hydrogens (primary N) is 8. The summed E-state index contributed by atoms with van der Waals surface area (Å²) in [5.74, 6) is -7.60. The number of aliphatic imine (C=N–C) groups is 2. The number of hydrogen-bond donors (Lipinski definition) is 17. The van der Waals surface area contributed by atoms with Crippen molar-refractivity contribution in [3.63, 3.8) is 0 Å². The summed E-state index contributed by atoms with van der Waals surface area (Å²) in [6.07, 6.45) is 6.75. The van der Waals surface area contributed by atoms with Gasteiger partial charge in [0.1, 0.15) is 41.6 Å². The van der Waals surface area contributed by atoms with E-state index < -0.39 is 109 Å². The maximum absolute atomic E-state index is 14.2. The van der Waals surface area contributed by atoms with Crippen LogP contribution in [-0.2, 0) is 49.6 Å². The van der Waals surface area contributed by atoms with Crippen molar-refractivity contribution >= 4 is 64.8 Å². The zero-order valence-electron chi connectivity index (χ0n) is 44.1. The van der Waals surface area contributed by atoms with Gasteiger partial charge in [0.05, 0.1) is 25.0 Å². The highest BCUT2D eigenvalue weighted by molar-refractivity contribution is 6.40. The third kappa shape index (κ3) is 24.7. The summed E-state index contributed by atoms with van der Waals surface area (Å²) in [5, 5.41) is 28.9. The zero-order chi connectivity index (χ0) is 57.3. The lowest BCUT2D eigenvalue weighted by Gasteiger charge is -2.27. The molecule has 9 amide bonds. The van der Waals surface area contributed by atoms with Crippen LogP contribution in [0, 0.1) is 0 Å². The molecule has 25 N–H and O–H groups in total. The van der Waals surface area contributed by atoms with Crippen molar-refractivity contribution in [1.29, 1.82) is 0 Å². The predicted octanol–water partition coefficient (Wildman–Crippen LogP) is -6.85. The molecule has 7 atom stereocenters. The highest BCUT2D eigenvalue weighted by atomic mass is 16.3. The van der Waals surface area contributed by atoms with E-state index >= 15 is 0 Å². The summed E-state index contributed by atoms with van der Waals surface area (Å²) in [4.78, 5) is 138.